The van der Waals surface area contributed by atoms with Crippen LogP contribution in [0.15, 0.2) is 324 Å². The fraction of sp³-hybridized carbons (Fsp3) is 0. The molecule has 0 aliphatic carbocycles. The van der Waals surface area contributed by atoms with Gasteiger partial charge in [-0.3, -0.25) is 0 Å². The van der Waals surface area contributed by atoms with Gasteiger partial charge >= 0.3 is 0 Å². The van der Waals surface area contributed by atoms with E-state index in [1.54, 1.807) is 6.07 Å². The zero-order valence-electron chi connectivity index (χ0n) is 56.1. The summed E-state index contributed by atoms with van der Waals surface area (Å²) in [5.74, 6) is 0.713. The molecule has 0 fully saturated rings. The van der Waals surface area contributed by atoms with Crippen LogP contribution in [0.25, 0.3) is 194 Å². The SMILES string of the molecule is [2H]c1c([2H])c([2H])c(-c2c(-c3nc(-c4ccccc4)nc(-c4ccccc4)n3)cc([N+]#[C-])c(-n3c4ccc(-c5ccccc5)cc4c4c5oc6ccc(-c7ccccc7)cc6c5ccc43)c2-n2c3ccc(-c4ccccc4)cc3c3c4oc5ccc(-c6ccccc6)cc5c4ccc32)c([2H])c1[2H]. The Hall–Kier alpha value is -13.2. The van der Waals surface area contributed by atoms with Crippen LogP contribution in [0.2, 0.25) is 0 Å². The second-order valence-corrected chi connectivity index (χ2v) is 24.1. The first-order valence-electron chi connectivity index (χ1n) is 34.3. The van der Waals surface area contributed by atoms with Crippen molar-refractivity contribution in [3.63, 3.8) is 0 Å². The summed E-state index contributed by atoms with van der Waals surface area (Å²) in [5, 5.41) is 6.70. The largest absolute Gasteiger partial charge is 0.455 e. The van der Waals surface area contributed by atoms with Crippen LogP contribution in [0, 0.1) is 6.57 Å². The lowest BCUT2D eigenvalue weighted by Crippen LogP contribution is -2.09. The predicted molar refractivity (Wildman–Crippen MR) is 393 cm³/mol. The first kappa shape index (κ1) is 49.5. The van der Waals surface area contributed by atoms with E-state index in [4.69, 9.17) is 25.2 Å². The van der Waals surface area contributed by atoms with E-state index in [-0.39, 0.29) is 28.2 Å². The zero-order chi connectivity index (χ0) is 67.7. The van der Waals surface area contributed by atoms with Crippen LogP contribution in [0.3, 0.4) is 0 Å². The van der Waals surface area contributed by atoms with E-state index >= 15 is 0 Å². The van der Waals surface area contributed by atoms with Crippen LogP contribution in [0.4, 0.5) is 5.69 Å². The van der Waals surface area contributed by atoms with E-state index in [9.17, 15) is 12.1 Å². The van der Waals surface area contributed by atoms with Crippen molar-refractivity contribution in [1.82, 2.24) is 24.1 Å². The van der Waals surface area contributed by atoms with Crippen molar-refractivity contribution < 1.29 is 15.7 Å². The van der Waals surface area contributed by atoms with Crippen molar-refractivity contribution >= 4 is 93.2 Å². The first-order valence-corrected chi connectivity index (χ1v) is 31.8. The van der Waals surface area contributed by atoms with E-state index in [2.05, 4.69) is 147 Å². The summed E-state index contributed by atoms with van der Waals surface area (Å²) in [6.45, 7) is 9.79. The molecule has 5 aromatic heterocycles. The summed E-state index contributed by atoms with van der Waals surface area (Å²) in [5.41, 5.74) is 15.6. The molecule has 96 heavy (non-hydrogen) atoms. The predicted octanol–water partition coefficient (Wildman–Crippen LogP) is 23.8. The molecule has 19 rings (SSSR count). The van der Waals surface area contributed by atoms with Crippen molar-refractivity contribution in [1.29, 1.82) is 0 Å². The Morgan fingerprint density at radius 3 is 1.09 bits per heavy atom. The number of aromatic nitrogens is 5. The fourth-order valence-electron chi connectivity index (χ4n) is 14.3. The second-order valence-electron chi connectivity index (χ2n) is 24.1. The van der Waals surface area contributed by atoms with E-state index in [0.717, 1.165) is 87.6 Å². The summed E-state index contributed by atoms with van der Waals surface area (Å²) >= 11 is 0. The second kappa shape index (κ2) is 22.0. The van der Waals surface area contributed by atoms with Crippen LogP contribution in [0.1, 0.15) is 6.85 Å². The number of nitrogens with zero attached hydrogens (tertiary/aromatic N) is 6. The van der Waals surface area contributed by atoms with Crippen LogP contribution >= 0.6 is 0 Å². The lowest BCUT2D eigenvalue weighted by Gasteiger charge is -2.25. The number of benzene rings is 14. The highest BCUT2D eigenvalue weighted by atomic mass is 16.3. The number of furan rings is 2. The van der Waals surface area contributed by atoms with Crippen LogP contribution in [-0.2, 0) is 0 Å². The van der Waals surface area contributed by atoms with Gasteiger partial charge in [0.2, 0.25) is 5.69 Å². The molecular weight excluding hydrogens is 1170 g/mol. The standard InChI is InChI=1S/C88H52N6O2/c1-89-72-53-71(88-91-86(59-33-19-7-20-34-59)90-87(92-88)60-35-21-8-22-36-60)79(58-31-17-6-18-32-58)83(94-74-44-38-62(55-25-11-3-12-26-55)52-70(74)81-76(94)46-42-66-68-50-64(57-29-15-5-16-30-57)40-48-78(68)96-85(66)81)82(72)93-73-43-37-61(54-23-9-2-10-24-54)51-69(73)80-75(93)45-41-65-67-49-63(56-27-13-4-14-28-56)39-47-77(67)95-84(65)80/h2-53H/i6D,17D,18D,31D,32D. The molecule has 0 unspecified atom stereocenters. The van der Waals surface area contributed by atoms with Gasteiger partial charge in [0.25, 0.3) is 0 Å². The maximum Gasteiger partial charge on any atom is 0.213 e. The number of rotatable bonds is 10. The lowest BCUT2D eigenvalue weighted by molar-refractivity contribution is 0.672. The molecular formula is C88H52N6O2. The van der Waals surface area contributed by atoms with Gasteiger partial charge in [-0.05, 0) is 129 Å². The fourth-order valence-corrected chi connectivity index (χ4v) is 14.3. The van der Waals surface area contributed by atoms with Gasteiger partial charge in [0.15, 0.2) is 17.5 Å². The number of fused-ring (bicyclic) bond motifs is 14. The van der Waals surface area contributed by atoms with E-state index in [1.165, 1.54) is 0 Å². The smallest absolute Gasteiger partial charge is 0.213 e. The van der Waals surface area contributed by atoms with Crippen molar-refractivity contribution in [3.05, 3.63) is 327 Å². The van der Waals surface area contributed by atoms with Crippen LogP contribution in [0.5, 0.6) is 0 Å². The third kappa shape index (κ3) is 8.72. The molecule has 0 atom stereocenters. The topological polar surface area (TPSA) is 79.2 Å². The van der Waals surface area contributed by atoms with Gasteiger partial charge in [-0.2, -0.15) is 0 Å². The van der Waals surface area contributed by atoms with E-state index in [1.807, 2.05) is 146 Å². The Balaban J connectivity index is 1.03. The Labute approximate surface area is 558 Å². The maximum absolute atomic E-state index is 10.3. The molecule has 5 heterocycles. The summed E-state index contributed by atoms with van der Waals surface area (Å²) in [6.07, 6.45) is 0. The summed E-state index contributed by atoms with van der Waals surface area (Å²) < 4.78 is 67.6. The van der Waals surface area contributed by atoms with E-state index < -0.39 is 30.2 Å². The molecule has 0 aliphatic rings. The third-order valence-electron chi connectivity index (χ3n) is 18.7. The quantitative estimate of drug-likeness (QED) is 0.128. The average Bonchev–Trinajstić information content (AvgIpc) is 1.57. The molecule has 8 heteroatoms. The molecule has 0 N–H and O–H groups in total. The highest BCUT2D eigenvalue weighted by Crippen LogP contribution is 2.53. The van der Waals surface area contributed by atoms with Crippen LogP contribution in [-0.4, -0.2) is 24.1 Å². The number of hydrogen-bond donors (Lipinski definition) is 0. The Morgan fingerprint density at radius 1 is 0.312 bits per heavy atom. The highest BCUT2D eigenvalue weighted by Gasteiger charge is 2.32. The minimum Gasteiger partial charge on any atom is -0.455 e. The van der Waals surface area contributed by atoms with Crippen molar-refractivity contribution in [2.24, 2.45) is 0 Å². The molecule has 19 aromatic rings. The Bertz CT molecular complexity index is 6600. The van der Waals surface area contributed by atoms with Crippen molar-refractivity contribution in [3.8, 4) is 101 Å². The molecule has 14 aromatic carbocycles. The lowest BCUT2D eigenvalue weighted by atomic mass is 9.93. The molecule has 0 bridgehead atoms. The van der Waals surface area contributed by atoms with E-state index in [0.29, 0.717) is 78.5 Å². The van der Waals surface area contributed by atoms with Gasteiger partial charge in [-0.15, -0.1) is 0 Å². The minimum absolute atomic E-state index is 0.0897. The summed E-state index contributed by atoms with van der Waals surface area (Å²) in [7, 11) is 0. The van der Waals surface area contributed by atoms with Gasteiger partial charge in [0.05, 0.1) is 57.6 Å². The molecule has 0 saturated heterocycles. The molecule has 446 valence electrons. The minimum atomic E-state index is -0.571. The maximum atomic E-state index is 10.3. The van der Waals surface area contributed by atoms with Gasteiger partial charge < -0.3 is 18.0 Å². The Kier molecular flexibility index (Phi) is 11.3. The third-order valence-corrected chi connectivity index (χ3v) is 18.7. The normalized spacial score (nSPS) is 12.5. The molecule has 8 nitrogen and oxygen atoms in total. The van der Waals surface area contributed by atoms with Gasteiger partial charge in [-0.1, -0.05) is 236 Å². The average molecular weight is 1230 g/mol. The van der Waals surface area contributed by atoms with Gasteiger partial charge in [0, 0.05) is 54.6 Å². The summed E-state index contributed by atoms with van der Waals surface area (Å²) in [6, 6.07) is 92.7. The van der Waals surface area contributed by atoms with Gasteiger partial charge in [-0.25, -0.2) is 19.8 Å². The number of hydrogen-bond acceptors (Lipinski definition) is 5. The highest BCUT2D eigenvalue weighted by molar-refractivity contribution is 6.27. The van der Waals surface area contributed by atoms with Gasteiger partial charge in [0.1, 0.15) is 22.3 Å². The molecule has 0 radical (unpaired) electrons. The molecule has 0 saturated carbocycles. The summed E-state index contributed by atoms with van der Waals surface area (Å²) in [4.78, 5) is 20.5. The molecule has 0 spiro atoms. The molecule has 0 aliphatic heterocycles. The van der Waals surface area contributed by atoms with Crippen LogP contribution < -0.4 is 0 Å². The van der Waals surface area contributed by atoms with Crippen molar-refractivity contribution in [2.75, 3.05) is 0 Å². The molecule has 0 amide bonds. The van der Waals surface area contributed by atoms with Crippen molar-refractivity contribution in [2.45, 2.75) is 0 Å². The zero-order valence-corrected chi connectivity index (χ0v) is 51.1. The Morgan fingerprint density at radius 2 is 0.677 bits per heavy atom. The first-order chi connectivity index (χ1) is 49.6. The monoisotopic (exact) mass is 1230 g/mol.